The molecule has 1 aliphatic heterocycles. The van der Waals surface area contributed by atoms with Gasteiger partial charge in [0.25, 0.3) is 17.7 Å². The Bertz CT molecular complexity index is 1600. The van der Waals surface area contributed by atoms with Crippen molar-refractivity contribution in [3.63, 3.8) is 0 Å². The molecule has 0 spiro atoms. The average molecular weight is 545 g/mol. The van der Waals surface area contributed by atoms with Gasteiger partial charge < -0.3 is 4.74 Å². The van der Waals surface area contributed by atoms with Crippen molar-refractivity contribution in [3.8, 4) is 11.1 Å². The lowest BCUT2D eigenvalue weighted by molar-refractivity contribution is 0.0601. The number of halogens is 2. The minimum Gasteiger partial charge on any atom is -0.465 e. The number of methoxy groups -OCH3 is 1. The third kappa shape index (κ3) is 4.77. The number of esters is 1. The van der Waals surface area contributed by atoms with Gasteiger partial charge in [-0.3, -0.25) is 14.4 Å². The largest absolute Gasteiger partial charge is 0.465 e. The van der Waals surface area contributed by atoms with E-state index in [1.807, 2.05) is 0 Å². The summed E-state index contributed by atoms with van der Waals surface area (Å²) in [5.41, 5.74) is 1.03. The monoisotopic (exact) mass is 544 g/mol. The highest BCUT2D eigenvalue weighted by Gasteiger charge is 2.39. The van der Waals surface area contributed by atoms with Crippen LogP contribution in [0, 0.1) is 0 Å². The maximum absolute atomic E-state index is 13.4. The first-order valence-corrected chi connectivity index (χ1v) is 13.4. The van der Waals surface area contributed by atoms with E-state index in [0.717, 1.165) is 4.90 Å². The fraction of sp³-hybridized carbons (Fsp3) is 0.120. The van der Waals surface area contributed by atoms with Crippen molar-refractivity contribution in [2.45, 2.75) is 0 Å². The number of rotatable bonds is 4. The van der Waals surface area contributed by atoms with Gasteiger partial charge in [-0.2, -0.15) is 4.36 Å². The molecule has 0 atom stereocenters. The van der Waals surface area contributed by atoms with Gasteiger partial charge in [-0.1, -0.05) is 35.3 Å². The number of nitrogens with zero attached hydrogens (tertiary/aromatic N) is 2. The molecule has 0 aliphatic carbocycles. The summed E-state index contributed by atoms with van der Waals surface area (Å²) < 4.78 is 20.4. The average Bonchev–Trinajstić information content (AvgIpc) is 3.06. The van der Waals surface area contributed by atoms with Crippen LogP contribution in [0.25, 0.3) is 11.1 Å². The molecule has 0 saturated carbocycles. The normalized spacial score (nSPS) is 13.0. The van der Waals surface area contributed by atoms with Crippen LogP contribution in [0.15, 0.2) is 59.0 Å². The molecule has 0 radical (unpaired) electrons. The number of carbonyl (C=O) groups excluding carboxylic acids is 4. The molecule has 1 heterocycles. The molecule has 4 rings (SSSR count). The predicted octanol–water partition coefficient (Wildman–Crippen LogP) is 5.12. The van der Waals surface area contributed by atoms with E-state index >= 15 is 0 Å². The number of hydrogen-bond donors (Lipinski definition) is 0. The van der Waals surface area contributed by atoms with Gasteiger partial charge in [-0.05, 0) is 48.0 Å². The molecule has 11 heteroatoms. The molecular formula is C25H18Cl2N2O6S. The number of carbonyl (C=O) groups is 4. The third-order valence-electron chi connectivity index (χ3n) is 5.32. The molecule has 0 aromatic heterocycles. The molecule has 3 amide bonds. The van der Waals surface area contributed by atoms with Crippen molar-refractivity contribution in [3.05, 3.63) is 86.9 Å². The number of anilines is 1. The first-order valence-electron chi connectivity index (χ1n) is 10.3. The lowest BCUT2D eigenvalue weighted by Gasteiger charge is -2.19. The van der Waals surface area contributed by atoms with Crippen LogP contribution < -0.4 is 4.90 Å². The first kappa shape index (κ1) is 25.6. The number of imide groups is 1. The smallest absolute Gasteiger partial charge is 0.339 e. The highest BCUT2D eigenvalue weighted by Crippen LogP contribution is 2.37. The van der Waals surface area contributed by atoms with Crippen LogP contribution >= 0.6 is 23.2 Å². The van der Waals surface area contributed by atoms with Gasteiger partial charge in [0.15, 0.2) is 0 Å². The van der Waals surface area contributed by atoms with Crippen molar-refractivity contribution >= 4 is 62.3 Å². The Hall–Kier alpha value is -3.53. The van der Waals surface area contributed by atoms with Crippen LogP contribution in [-0.4, -0.2) is 47.5 Å². The standard InChI is InChI=1S/C25H18Cl2N2O6S/c1-35-25(33)18-8-4-13(16-9-6-15(26)12-20(16)27)11-21(18)29-23(31)17-7-5-14(10-19(17)24(29)32)22(30)28-36(2,3)34/h4-12H,1-3H3. The molecule has 0 N–H and O–H groups in total. The number of hydrogen-bond acceptors (Lipinski definition) is 6. The second-order valence-corrected chi connectivity index (χ2v) is 11.5. The molecule has 3 aromatic rings. The summed E-state index contributed by atoms with van der Waals surface area (Å²) in [4.78, 5) is 52.5. The summed E-state index contributed by atoms with van der Waals surface area (Å²) in [6, 6.07) is 13.2. The van der Waals surface area contributed by atoms with Gasteiger partial charge in [-0.25, -0.2) is 13.9 Å². The van der Waals surface area contributed by atoms with Crippen molar-refractivity contribution in [2.75, 3.05) is 24.5 Å². The quantitative estimate of drug-likeness (QED) is 0.333. The van der Waals surface area contributed by atoms with E-state index in [0.29, 0.717) is 21.2 Å². The van der Waals surface area contributed by atoms with E-state index in [9.17, 15) is 23.4 Å². The van der Waals surface area contributed by atoms with Gasteiger partial charge in [0.1, 0.15) is 0 Å². The maximum Gasteiger partial charge on any atom is 0.339 e. The Kier molecular flexibility index (Phi) is 6.74. The molecule has 36 heavy (non-hydrogen) atoms. The van der Waals surface area contributed by atoms with Crippen LogP contribution in [-0.2, 0) is 14.5 Å². The van der Waals surface area contributed by atoms with Gasteiger partial charge in [-0.15, -0.1) is 0 Å². The molecule has 1 aliphatic rings. The predicted molar refractivity (Wildman–Crippen MR) is 138 cm³/mol. The van der Waals surface area contributed by atoms with E-state index in [1.54, 1.807) is 24.3 Å². The minimum atomic E-state index is -2.73. The Morgan fingerprint density at radius 2 is 1.56 bits per heavy atom. The molecule has 0 bridgehead atoms. The molecule has 3 aromatic carbocycles. The SMILES string of the molecule is COC(=O)c1ccc(-c2ccc(Cl)cc2Cl)cc1N1C(=O)c2ccc(C(=O)N=S(C)(C)=O)cc2C1=O. The van der Waals surface area contributed by atoms with Crippen molar-refractivity contribution in [2.24, 2.45) is 4.36 Å². The number of fused-ring (bicyclic) bond motifs is 1. The summed E-state index contributed by atoms with van der Waals surface area (Å²) in [5, 5.41) is 0.756. The number of ether oxygens (including phenoxy) is 1. The Morgan fingerprint density at radius 1 is 0.889 bits per heavy atom. The zero-order valence-corrected chi connectivity index (χ0v) is 21.5. The highest BCUT2D eigenvalue weighted by atomic mass is 35.5. The Labute approximate surface area is 216 Å². The maximum atomic E-state index is 13.4. The zero-order valence-electron chi connectivity index (χ0n) is 19.2. The number of amides is 3. The molecule has 0 unspecified atom stereocenters. The van der Waals surface area contributed by atoms with Crippen LogP contribution in [0.3, 0.4) is 0 Å². The summed E-state index contributed by atoms with van der Waals surface area (Å²) in [7, 11) is -1.55. The molecular weight excluding hydrogens is 527 g/mol. The molecule has 0 fully saturated rings. The fourth-order valence-electron chi connectivity index (χ4n) is 3.74. The lowest BCUT2D eigenvalue weighted by Crippen LogP contribution is -2.31. The summed E-state index contributed by atoms with van der Waals surface area (Å²) in [5.74, 6) is -2.97. The van der Waals surface area contributed by atoms with Crippen LogP contribution in [0.4, 0.5) is 5.69 Å². The van der Waals surface area contributed by atoms with Crippen molar-refractivity contribution in [1.29, 1.82) is 0 Å². The Morgan fingerprint density at radius 3 is 2.19 bits per heavy atom. The van der Waals surface area contributed by atoms with E-state index in [4.69, 9.17) is 27.9 Å². The van der Waals surface area contributed by atoms with Crippen molar-refractivity contribution in [1.82, 2.24) is 0 Å². The summed E-state index contributed by atoms with van der Waals surface area (Å²) >= 11 is 12.3. The fourth-order valence-corrected chi connectivity index (χ4v) is 4.76. The van der Waals surface area contributed by atoms with Crippen LogP contribution in [0.2, 0.25) is 10.0 Å². The second-order valence-electron chi connectivity index (χ2n) is 8.13. The zero-order chi connectivity index (χ0) is 26.4. The van der Waals surface area contributed by atoms with Gasteiger partial charge in [0.05, 0.1) is 29.5 Å². The topological polar surface area (TPSA) is 110 Å². The van der Waals surface area contributed by atoms with Crippen LogP contribution in [0.1, 0.15) is 41.4 Å². The van der Waals surface area contributed by atoms with Gasteiger partial charge >= 0.3 is 5.97 Å². The molecule has 184 valence electrons. The second kappa shape index (κ2) is 9.50. The molecule has 0 saturated heterocycles. The van der Waals surface area contributed by atoms with E-state index in [1.165, 1.54) is 50.0 Å². The lowest BCUT2D eigenvalue weighted by atomic mass is 10.0. The Balaban J connectivity index is 1.85. The van der Waals surface area contributed by atoms with Crippen LogP contribution in [0.5, 0.6) is 0 Å². The summed E-state index contributed by atoms with van der Waals surface area (Å²) in [6.07, 6.45) is 2.62. The van der Waals surface area contributed by atoms with E-state index < -0.39 is 33.4 Å². The van der Waals surface area contributed by atoms with E-state index in [-0.39, 0.29) is 27.9 Å². The summed E-state index contributed by atoms with van der Waals surface area (Å²) in [6.45, 7) is 0. The van der Waals surface area contributed by atoms with Gasteiger partial charge in [0.2, 0.25) is 0 Å². The van der Waals surface area contributed by atoms with Gasteiger partial charge in [0, 0.05) is 43.4 Å². The third-order valence-corrected chi connectivity index (χ3v) is 6.48. The minimum absolute atomic E-state index is 0.00284. The van der Waals surface area contributed by atoms with E-state index in [2.05, 4.69) is 4.36 Å². The molecule has 8 nitrogen and oxygen atoms in total. The highest BCUT2D eigenvalue weighted by molar-refractivity contribution is 7.92. The number of benzene rings is 3. The first-order chi connectivity index (χ1) is 16.9. The van der Waals surface area contributed by atoms with Crippen molar-refractivity contribution < 1.29 is 28.1 Å².